The first kappa shape index (κ1) is 21.2. The molecule has 1 fully saturated rings. The third-order valence-electron chi connectivity index (χ3n) is 4.97. The van der Waals surface area contributed by atoms with Gasteiger partial charge in [-0.25, -0.2) is 0 Å². The Morgan fingerprint density at radius 3 is 2.26 bits per heavy atom. The monoisotopic (exact) mass is 371 g/mol. The maximum atomic E-state index is 11.9. The van der Waals surface area contributed by atoms with Crippen molar-refractivity contribution < 1.29 is 4.74 Å². The van der Waals surface area contributed by atoms with Gasteiger partial charge in [0.1, 0.15) is 5.75 Å². The van der Waals surface area contributed by atoms with Crippen LogP contribution in [0.3, 0.4) is 0 Å². The molecular weight excluding hydrogens is 338 g/mol. The minimum Gasteiger partial charge on any atom is -0.496 e. The van der Waals surface area contributed by atoms with Crippen LogP contribution < -0.4 is 10.3 Å². The Bertz CT molecular complexity index is 779. The maximum Gasteiger partial charge on any atom is 0.253 e. The van der Waals surface area contributed by atoms with Gasteiger partial charge in [-0.05, 0) is 37.2 Å². The summed E-state index contributed by atoms with van der Waals surface area (Å²) in [6, 6.07) is 8.28. The van der Waals surface area contributed by atoms with Crippen LogP contribution in [0.1, 0.15) is 25.0 Å². The largest absolute Gasteiger partial charge is 0.496 e. The van der Waals surface area contributed by atoms with Gasteiger partial charge >= 0.3 is 0 Å². The zero-order chi connectivity index (χ0) is 20.0. The van der Waals surface area contributed by atoms with Gasteiger partial charge in [-0.2, -0.15) is 0 Å². The average molecular weight is 372 g/mol. The molecule has 0 radical (unpaired) electrons. The molecule has 0 saturated carbocycles. The van der Waals surface area contributed by atoms with E-state index in [1.54, 1.807) is 18.7 Å². The van der Waals surface area contributed by atoms with Crippen molar-refractivity contribution in [2.24, 2.45) is 7.05 Å². The molecule has 0 N–H and O–H groups in total. The lowest BCUT2D eigenvalue weighted by atomic mass is 10.0. The number of hydrogen-bond acceptors (Lipinski definition) is 4. The Kier molecular flexibility index (Phi) is 7.63. The van der Waals surface area contributed by atoms with E-state index >= 15 is 0 Å². The van der Waals surface area contributed by atoms with Crippen LogP contribution in [0.25, 0.3) is 11.1 Å². The van der Waals surface area contributed by atoms with Crippen molar-refractivity contribution in [3.05, 3.63) is 51.9 Å². The molecule has 27 heavy (non-hydrogen) atoms. The SMILES string of the molecule is CC.COc1cc(-c2cc(C)c(=O)n(C)c2)ccc1CN1CCN(C)CC1. The standard InChI is InChI=1S/C20H27N3O2.C2H6/c1-15-11-18(13-22(3)20(15)24)16-5-6-17(19(12-16)25-4)14-23-9-7-21(2)8-10-23;1-2/h5-6,11-13H,7-10,14H2,1-4H3;1-2H3. The summed E-state index contributed by atoms with van der Waals surface area (Å²) in [6.07, 6.45) is 1.88. The molecule has 5 heteroatoms. The molecule has 1 aliphatic rings. The van der Waals surface area contributed by atoms with Crippen molar-refractivity contribution in [3.63, 3.8) is 0 Å². The van der Waals surface area contributed by atoms with Crippen molar-refractivity contribution in [3.8, 4) is 16.9 Å². The van der Waals surface area contributed by atoms with Gasteiger partial charge in [-0.1, -0.05) is 26.0 Å². The third-order valence-corrected chi connectivity index (χ3v) is 4.97. The van der Waals surface area contributed by atoms with Gasteiger partial charge in [0.15, 0.2) is 0 Å². The molecule has 3 rings (SSSR count). The van der Waals surface area contributed by atoms with Gasteiger partial charge in [-0.3, -0.25) is 9.69 Å². The molecule has 1 aliphatic heterocycles. The second-order valence-corrected chi connectivity index (χ2v) is 6.93. The number of benzene rings is 1. The minimum absolute atomic E-state index is 0.0439. The second kappa shape index (κ2) is 9.72. The highest BCUT2D eigenvalue weighted by molar-refractivity contribution is 5.66. The molecule has 148 valence electrons. The summed E-state index contributed by atoms with van der Waals surface area (Å²) in [5, 5.41) is 0. The number of methoxy groups -OCH3 is 1. The predicted octanol–water partition coefficient (Wildman–Crippen LogP) is 3.14. The number of likely N-dealkylation sites (N-methyl/N-ethyl adjacent to an activating group) is 1. The van der Waals surface area contributed by atoms with Gasteiger partial charge in [0.2, 0.25) is 0 Å². The first-order chi connectivity index (χ1) is 13.0. The highest BCUT2D eigenvalue weighted by atomic mass is 16.5. The van der Waals surface area contributed by atoms with E-state index in [-0.39, 0.29) is 5.56 Å². The molecule has 0 unspecified atom stereocenters. The van der Waals surface area contributed by atoms with E-state index in [1.165, 1.54) is 5.56 Å². The van der Waals surface area contributed by atoms with Crippen LogP contribution in [0.2, 0.25) is 0 Å². The fourth-order valence-corrected chi connectivity index (χ4v) is 3.34. The van der Waals surface area contributed by atoms with E-state index < -0.39 is 0 Å². The van der Waals surface area contributed by atoms with Crippen LogP contribution in [-0.2, 0) is 13.6 Å². The number of piperazine rings is 1. The van der Waals surface area contributed by atoms with Crippen molar-refractivity contribution in [2.45, 2.75) is 27.3 Å². The van der Waals surface area contributed by atoms with Crippen LogP contribution in [0.15, 0.2) is 35.3 Å². The number of pyridine rings is 1. The number of rotatable bonds is 4. The van der Waals surface area contributed by atoms with Crippen molar-refractivity contribution >= 4 is 0 Å². The molecule has 0 amide bonds. The Balaban J connectivity index is 0.00000126. The lowest BCUT2D eigenvalue weighted by molar-refractivity contribution is 0.147. The smallest absolute Gasteiger partial charge is 0.253 e. The zero-order valence-electron chi connectivity index (χ0n) is 17.6. The van der Waals surface area contributed by atoms with Crippen molar-refractivity contribution in [2.75, 3.05) is 40.3 Å². The van der Waals surface area contributed by atoms with Gasteiger partial charge in [0.25, 0.3) is 5.56 Å². The molecule has 0 bridgehead atoms. The minimum atomic E-state index is 0.0439. The van der Waals surface area contributed by atoms with Crippen molar-refractivity contribution in [1.29, 1.82) is 0 Å². The van der Waals surface area contributed by atoms with Crippen LogP contribution in [0.4, 0.5) is 0 Å². The Hall–Kier alpha value is -2.11. The number of aryl methyl sites for hydroxylation is 2. The van der Waals surface area contributed by atoms with E-state index in [4.69, 9.17) is 4.74 Å². The van der Waals surface area contributed by atoms with Crippen LogP contribution in [-0.4, -0.2) is 54.7 Å². The molecular formula is C22H33N3O2. The Morgan fingerprint density at radius 1 is 1.00 bits per heavy atom. The van der Waals surface area contributed by atoms with Gasteiger partial charge in [-0.15, -0.1) is 0 Å². The lowest BCUT2D eigenvalue weighted by Crippen LogP contribution is -2.43. The lowest BCUT2D eigenvalue weighted by Gasteiger charge is -2.32. The quantitative estimate of drug-likeness (QED) is 0.828. The van der Waals surface area contributed by atoms with E-state index in [1.807, 2.05) is 33.0 Å². The molecule has 1 aromatic heterocycles. The molecule has 1 saturated heterocycles. The topological polar surface area (TPSA) is 37.7 Å². The summed E-state index contributed by atoms with van der Waals surface area (Å²) in [5.41, 5.74) is 4.10. The highest BCUT2D eigenvalue weighted by Crippen LogP contribution is 2.28. The molecule has 0 atom stereocenters. The van der Waals surface area contributed by atoms with Gasteiger partial charge in [0, 0.05) is 57.1 Å². The number of hydrogen-bond donors (Lipinski definition) is 0. The summed E-state index contributed by atoms with van der Waals surface area (Å²) >= 11 is 0. The number of aromatic nitrogens is 1. The molecule has 2 aromatic rings. The second-order valence-electron chi connectivity index (χ2n) is 6.93. The van der Waals surface area contributed by atoms with Crippen LogP contribution >= 0.6 is 0 Å². The van der Waals surface area contributed by atoms with E-state index in [0.717, 1.165) is 55.2 Å². The number of ether oxygens (including phenoxy) is 1. The maximum absolute atomic E-state index is 11.9. The first-order valence-corrected chi connectivity index (χ1v) is 9.73. The van der Waals surface area contributed by atoms with Crippen LogP contribution in [0, 0.1) is 6.92 Å². The summed E-state index contributed by atoms with van der Waals surface area (Å²) in [5.74, 6) is 0.905. The molecule has 2 heterocycles. The van der Waals surface area contributed by atoms with E-state index in [9.17, 15) is 4.79 Å². The predicted molar refractivity (Wildman–Crippen MR) is 113 cm³/mol. The fourth-order valence-electron chi connectivity index (χ4n) is 3.34. The zero-order valence-corrected chi connectivity index (χ0v) is 17.6. The third kappa shape index (κ3) is 5.21. The highest BCUT2D eigenvalue weighted by Gasteiger charge is 2.16. The van der Waals surface area contributed by atoms with Crippen molar-refractivity contribution in [1.82, 2.24) is 14.4 Å². The molecule has 0 spiro atoms. The van der Waals surface area contributed by atoms with Crippen LogP contribution in [0.5, 0.6) is 5.75 Å². The normalized spacial score (nSPS) is 15.2. The summed E-state index contributed by atoms with van der Waals surface area (Å²) < 4.78 is 7.28. The summed E-state index contributed by atoms with van der Waals surface area (Å²) in [4.78, 5) is 16.7. The Labute approximate surface area is 163 Å². The summed E-state index contributed by atoms with van der Waals surface area (Å²) in [7, 11) is 5.68. The van der Waals surface area contributed by atoms with E-state index in [2.05, 4.69) is 35.0 Å². The Morgan fingerprint density at radius 2 is 1.67 bits per heavy atom. The van der Waals surface area contributed by atoms with Gasteiger partial charge in [0.05, 0.1) is 7.11 Å². The van der Waals surface area contributed by atoms with Gasteiger partial charge < -0.3 is 14.2 Å². The fraction of sp³-hybridized carbons (Fsp3) is 0.500. The molecule has 0 aliphatic carbocycles. The first-order valence-electron chi connectivity index (χ1n) is 9.73. The summed E-state index contributed by atoms with van der Waals surface area (Å²) in [6.45, 7) is 11.1. The molecule has 5 nitrogen and oxygen atoms in total. The molecule has 1 aromatic carbocycles. The van der Waals surface area contributed by atoms with E-state index in [0.29, 0.717) is 0 Å². The average Bonchev–Trinajstić information content (AvgIpc) is 2.69. The number of nitrogens with zero attached hydrogens (tertiary/aromatic N) is 3.